The van der Waals surface area contributed by atoms with Crippen molar-refractivity contribution in [3.05, 3.63) is 204 Å². The third-order valence-electron chi connectivity index (χ3n) is 8.81. The van der Waals surface area contributed by atoms with E-state index in [0.717, 1.165) is 45.3 Å². The zero-order valence-electron chi connectivity index (χ0n) is 27.7. The van der Waals surface area contributed by atoms with Gasteiger partial charge in [0.05, 0.1) is 28.8 Å². The van der Waals surface area contributed by atoms with Crippen molar-refractivity contribution in [3.8, 4) is 29.3 Å². The van der Waals surface area contributed by atoms with E-state index < -0.39 is 0 Å². The van der Waals surface area contributed by atoms with Crippen molar-refractivity contribution in [3.63, 3.8) is 0 Å². The Morgan fingerprint density at radius 3 is 1.37 bits per heavy atom. The summed E-state index contributed by atoms with van der Waals surface area (Å²) in [5.41, 5.74) is 9.37. The molecule has 5 heteroatoms. The number of hydrogen-bond acceptors (Lipinski definition) is 5. The predicted molar refractivity (Wildman–Crippen MR) is 206 cm³/mol. The van der Waals surface area contributed by atoms with E-state index in [9.17, 15) is 15.8 Å². The van der Waals surface area contributed by atoms with Gasteiger partial charge in [-0.3, -0.25) is 0 Å². The Morgan fingerprint density at radius 1 is 0.451 bits per heavy atom. The van der Waals surface area contributed by atoms with Crippen LogP contribution >= 0.6 is 0 Å². The van der Waals surface area contributed by atoms with Gasteiger partial charge in [-0.15, -0.1) is 0 Å². The number of anilines is 5. The normalized spacial score (nSPS) is 11.9. The molecule has 0 saturated heterocycles. The first-order valence-electron chi connectivity index (χ1n) is 16.6. The number of rotatable bonds is 8. The molecule has 0 spiro atoms. The third kappa shape index (κ3) is 6.55. The Morgan fingerprint density at radius 2 is 0.902 bits per heavy atom. The molecular formula is C46H31N5. The van der Waals surface area contributed by atoms with Crippen molar-refractivity contribution >= 4 is 34.0 Å². The maximum absolute atomic E-state index is 10.7. The maximum atomic E-state index is 10.7. The zero-order valence-corrected chi connectivity index (χ0v) is 27.7. The van der Waals surface area contributed by atoms with Crippen LogP contribution < -0.4 is 9.80 Å². The molecule has 1 aliphatic carbocycles. The Balaban J connectivity index is 1.33. The number of para-hydroxylation sites is 4. The van der Waals surface area contributed by atoms with E-state index >= 15 is 0 Å². The smallest absolute Gasteiger partial charge is 0.101 e. The quantitative estimate of drug-likeness (QED) is 0.163. The van der Waals surface area contributed by atoms with Crippen LogP contribution in [-0.2, 0) is 0 Å². The highest BCUT2D eigenvalue weighted by Gasteiger charge is 2.23. The standard InChI is InChI=1S/C46H31N5/c47-31-36-30-37(32-48)46(35-25-28-43(29-26-35)51(40-19-9-3-10-20-40)41-21-11-4-12-22-41)44(33-49)45(36)34-14-13-23-42(27-24-34)50(38-15-5-1-6-16-38)39-17-7-2-8-18-39/h1-13,15-30H,14H2. The minimum absolute atomic E-state index is 0.280. The average molecular weight is 654 g/mol. The number of nitrogens with zero attached hydrogens (tertiary/aromatic N) is 5. The molecule has 0 bridgehead atoms. The Kier molecular flexibility index (Phi) is 9.33. The van der Waals surface area contributed by atoms with Crippen LogP contribution in [0.1, 0.15) is 28.7 Å². The van der Waals surface area contributed by atoms with E-state index in [1.807, 2.05) is 109 Å². The van der Waals surface area contributed by atoms with Crippen LogP contribution in [0.5, 0.6) is 0 Å². The molecule has 5 nitrogen and oxygen atoms in total. The summed E-state index contributed by atoms with van der Waals surface area (Å²) >= 11 is 0. The third-order valence-corrected chi connectivity index (χ3v) is 8.81. The lowest BCUT2D eigenvalue weighted by Gasteiger charge is -2.26. The molecule has 1 aliphatic rings. The highest BCUT2D eigenvalue weighted by Crippen LogP contribution is 2.40. The zero-order chi connectivity index (χ0) is 35.0. The van der Waals surface area contributed by atoms with Crippen molar-refractivity contribution in [1.82, 2.24) is 0 Å². The van der Waals surface area contributed by atoms with Gasteiger partial charge in [0.2, 0.25) is 0 Å². The molecule has 0 radical (unpaired) electrons. The minimum Gasteiger partial charge on any atom is -0.311 e. The van der Waals surface area contributed by atoms with Gasteiger partial charge in [0.1, 0.15) is 6.07 Å². The lowest BCUT2D eigenvalue weighted by atomic mass is 9.84. The number of hydrogen-bond donors (Lipinski definition) is 0. The van der Waals surface area contributed by atoms with Crippen molar-refractivity contribution in [2.45, 2.75) is 6.42 Å². The second-order valence-electron chi connectivity index (χ2n) is 11.9. The average Bonchev–Trinajstić information content (AvgIpc) is 3.45. The summed E-state index contributed by atoms with van der Waals surface area (Å²) in [5.74, 6) is 0. The minimum atomic E-state index is 0.280. The van der Waals surface area contributed by atoms with Gasteiger partial charge in [0.15, 0.2) is 0 Å². The van der Waals surface area contributed by atoms with Crippen LogP contribution in [0.25, 0.3) is 16.7 Å². The molecule has 0 unspecified atom stereocenters. The van der Waals surface area contributed by atoms with Gasteiger partial charge in [0, 0.05) is 45.3 Å². The largest absolute Gasteiger partial charge is 0.311 e. The summed E-state index contributed by atoms with van der Waals surface area (Å²) in [7, 11) is 0. The summed E-state index contributed by atoms with van der Waals surface area (Å²) in [6.07, 6.45) is 8.63. The molecule has 0 saturated carbocycles. The van der Waals surface area contributed by atoms with Gasteiger partial charge in [-0.25, -0.2) is 0 Å². The molecule has 0 atom stereocenters. The Hall–Kier alpha value is -7.39. The van der Waals surface area contributed by atoms with Gasteiger partial charge in [-0.2, -0.15) is 15.8 Å². The summed E-state index contributed by atoms with van der Waals surface area (Å²) in [6, 6.07) is 57.0. The van der Waals surface area contributed by atoms with Crippen molar-refractivity contribution in [2.24, 2.45) is 0 Å². The fraction of sp³-hybridized carbons (Fsp3) is 0.0217. The molecule has 0 heterocycles. The van der Waals surface area contributed by atoms with E-state index in [-0.39, 0.29) is 5.56 Å². The Labute approximate surface area is 298 Å². The van der Waals surface area contributed by atoms with Crippen LogP contribution in [0.4, 0.5) is 28.4 Å². The first-order valence-corrected chi connectivity index (χ1v) is 16.6. The van der Waals surface area contributed by atoms with Crippen molar-refractivity contribution in [2.75, 3.05) is 9.80 Å². The number of nitriles is 3. The molecule has 0 N–H and O–H groups in total. The van der Waals surface area contributed by atoms with Gasteiger partial charge < -0.3 is 9.80 Å². The first-order chi connectivity index (χ1) is 25.2. The molecule has 240 valence electrons. The highest BCUT2D eigenvalue weighted by molar-refractivity contribution is 5.89. The van der Waals surface area contributed by atoms with E-state index in [1.54, 1.807) is 6.07 Å². The monoisotopic (exact) mass is 653 g/mol. The Bertz CT molecular complexity index is 2310. The maximum Gasteiger partial charge on any atom is 0.101 e. The molecule has 0 aromatic heterocycles. The summed E-state index contributed by atoms with van der Waals surface area (Å²) in [5, 5.41) is 31.4. The molecule has 0 fully saturated rings. The van der Waals surface area contributed by atoms with Crippen LogP contribution in [0.3, 0.4) is 0 Å². The number of benzene rings is 6. The van der Waals surface area contributed by atoms with Gasteiger partial charge in [0.25, 0.3) is 0 Å². The summed E-state index contributed by atoms with van der Waals surface area (Å²) in [6.45, 7) is 0. The van der Waals surface area contributed by atoms with Crippen LogP contribution in [0, 0.1) is 34.0 Å². The second-order valence-corrected chi connectivity index (χ2v) is 11.9. The molecular weight excluding hydrogens is 623 g/mol. The fourth-order valence-electron chi connectivity index (χ4n) is 6.54. The van der Waals surface area contributed by atoms with Gasteiger partial charge >= 0.3 is 0 Å². The number of allylic oxidation sites excluding steroid dienone is 5. The topological polar surface area (TPSA) is 77.8 Å². The fourth-order valence-corrected chi connectivity index (χ4v) is 6.54. The van der Waals surface area contributed by atoms with Crippen molar-refractivity contribution < 1.29 is 0 Å². The van der Waals surface area contributed by atoms with Crippen LogP contribution in [-0.4, -0.2) is 0 Å². The van der Waals surface area contributed by atoms with Crippen LogP contribution in [0.15, 0.2) is 182 Å². The molecule has 6 aromatic rings. The SMILES string of the molecule is N#Cc1cc(C#N)c(-c2ccc(N(c3ccccc3)c3ccccc3)cc2)c(C#N)c1C1=CC=C(N(c2ccccc2)c2ccccc2)C=CC1. The molecule has 0 aliphatic heterocycles. The highest BCUT2D eigenvalue weighted by atomic mass is 15.1. The van der Waals surface area contributed by atoms with E-state index in [4.69, 9.17) is 0 Å². The van der Waals surface area contributed by atoms with Crippen LogP contribution in [0.2, 0.25) is 0 Å². The molecule has 0 amide bonds. The first kappa shape index (κ1) is 32.2. The molecule has 7 rings (SSSR count). The lowest BCUT2D eigenvalue weighted by Crippen LogP contribution is -2.14. The molecule has 6 aromatic carbocycles. The van der Waals surface area contributed by atoms with E-state index in [1.165, 1.54) is 0 Å². The second kappa shape index (κ2) is 14.8. The van der Waals surface area contributed by atoms with E-state index in [0.29, 0.717) is 28.7 Å². The predicted octanol–water partition coefficient (Wildman–Crippen LogP) is 11.5. The van der Waals surface area contributed by atoms with Crippen molar-refractivity contribution in [1.29, 1.82) is 15.8 Å². The molecule has 51 heavy (non-hydrogen) atoms. The van der Waals surface area contributed by atoms with E-state index in [2.05, 4.69) is 88.7 Å². The summed E-state index contributed by atoms with van der Waals surface area (Å²) < 4.78 is 0. The lowest BCUT2D eigenvalue weighted by molar-refractivity contribution is 1.21. The summed E-state index contributed by atoms with van der Waals surface area (Å²) in [4.78, 5) is 4.33. The van der Waals surface area contributed by atoms with Gasteiger partial charge in [-0.05, 0) is 96.4 Å². The van der Waals surface area contributed by atoms with Gasteiger partial charge in [-0.1, -0.05) is 97.1 Å².